The summed E-state index contributed by atoms with van der Waals surface area (Å²) in [6, 6.07) is 3.58. The molecule has 1 atom stereocenters. The molecule has 3 rings (SSSR count). The summed E-state index contributed by atoms with van der Waals surface area (Å²) in [5.74, 6) is 0.780. The van der Waals surface area contributed by atoms with Crippen LogP contribution < -0.4 is 5.32 Å². The van der Waals surface area contributed by atoms with Gasteiger partial charge in [-0.1, -0.05) is 0 Å². The maximum absolute atomic E-state index is 12.7. The van der Waals surface area contributed by atoms with Crippen molar-refractivity contribution in [3.05, 3.63) is 23.7 Å². The van der Waals surface area contributed by atoms with Gasteiger partial charge in [0, 0.05) is 37.8 Å². The van der Waals surface area contributed by atoms with Crippen LogP contribution in [-0.2, 0) is 9.53 Å². The Labute approximate surface area is 142 Å². The minimum atomic E-state index is -0.191. The summed E-state index contributed by atoms with van der Waals surface area (Å²) in [6.45, 7) is 8.05. The van der Waals surface area contributed by atoms with Gasteiger partial charge in [-0.2, -0.15) is 0 Å². The highest BCUT2D eigenvalue weighted by molar-refractivity contribution is 5.93. The number of aryl methyl sites for hydroxylation is 1. The largest absolute Gasteiger partial charge is 0.456 e. The zero-order valence-electron chi connectivity index (χ0n) is 14.6. The van der Waals surface area contributed by atoms with E-state index in [0.29, 0.717) is 37.8 Å². The van der Waals surface area contributed by atoms with Gasteiger partial charge in [0.25, 0.3) is 5.91 Å². The number of ether oxygens (including phenoxy) is 1. The average molecular weight is 334 g/mol. The summed E-state index contributed by atoms with van der Waals surface area (Å²) in [5.41, 5.74) is -0.186. The van der Waals surface area contributed by atoms with Crippen LogP contribution in [0, 0.1) is 18.3 Å². The number of furan rings is 1. The maximum atomic E-state index is 12.7. The molecule has 0 radical (unpaired) electrons. The Bertz CT molecular complexity index is 616. The fourth-order valence-corrected chi connectivity index (χ4v) is 3.86. The molecule has 2 aliphatic heterocycles. The first-order chi connectivity index (χ1) is 11.4. The van der Waals surface area contributed by atoms with Gasteiger partial charge in [-0.05, 0) is 45.7 Å². The fourth-order valence-electron chi connectivity index (χ4n) is 3.86. The molecule has 2 amide bonds. The van der Waals surface area contributed by atoms with Crippen molar-refractivity contribution >= 4 is 11.8 Å². The molecule has 24 heavy (non-hydrogen) atoms. The van der Waals surface area contributed by atoms with Crippen molar-refractivity contribution < 1.29 is 18.7 Å². The number of amides is 2. The Morgan fingerprint density at radius 1 is 1.29 bits per heavy atom. The second-order valence-electron chi connectivity index (χ2n) is 7.29. The Morgan fingerprint density at radius 2 is 2.00 bits per heavy atom. The lowest BCUT2D eigenvalue weighted by Gasteiger charge is -2.37. The van der Waals surface area contributed by atoms with E-state index in [1.165, 1.54) is 0 Å². The number of hydrogen-bond acceptors (Lipinski definition) is 4. The SMILES string of the molecule is Cc1ccc(C(=O)N2C[C@H](C(=O)NC(C)C)C3(CCOCC3)C2)o1. The highest BCUT2D eigenvalue weighted by atomic mass is 16.5. The predicted octanol–water partition coefficient (Wildman–Crippen LogP) is 1.98. The van der Waals surface area contributed by atoms with E-state index in [4.69, 9.17) is 9.15 Å². The Kier molecular flexibility index (Phi) is 4.67. The molecule has 6 nitrogen and oxygen atoms in total. The first-order valence-corrected chi connectivity index (χ1v) is 8.65. The Balaban J connectivity index is 1.81. The minimum absolute atomic E-state index is 0.0397. The molecule has 6 heteroatoms. The molecule has 3 heterocycles. The first kappa shape index (κ1) is 17.0. The van der Waals surface area contributed by atoms with E-state index < -0.39 is 0 Å². The smallest absolute Gasteiger partial charge is 0.289 e. The summed E-state index contributed by atoms with van der Waals surface area (Å²) in [5, 5.41) is 3.02. The van der Waals surface area contributed by atoms with Crippen LogP contribution >= 0.6 is 0 Å². The summed E-state index contributed by atoms with van der Waals surface area (Å²) >= 11 is 0. The molecule has 2 fully saturated rings. The Morgan fingerprint density at radius 3 is 2.58 bits per heavy atom. The van der Waals surface area contributed by atoms with Gasteiger partial charge in [0.05, 0.1) is 5.92 Å². The van der Waals surface area contributed by atoms with Crippen molar-refractivity contribution in [2.45, 2.75) is 39.7 Å². The van der Waals surface area contributed by atoms with E-state index >= 15 is 0 Å². The van der Waals surface area contributed by atoms with Gasteiger partial charge in [0.1, 0.15) is 5.76 Å². The van der Waals surface area contributed by atoms with Crippen molar-refractivity contribution in [3.8, 4) is 0 Å². The number of likely N-dealkylation sites (tertiary alicyclic amines) is 1. The lowest BCUT2D eigenvalue weighted by molar-refractivity contribution is -0.130. The maximum Gasteiger partial charge on any atom is 0.289 e. The molecule has 1 spiro atoms. The number of nitrogens with zero attached hydrogens (tertiary/aromatic N) is 1. The third-order valence-electron chi connectivity index (χ3n) is 5.12. The fraction of sp³-hybridized carbons (Fsp3) is 0.667. The number of hydrogen-bond donors (Lipinski definition) is 1. The van der Waals surface area contributed by atoms with Crippen molar-refractivity contribution in [2.75, 3.05) is 26.3 Å². The molecule has 2 aliphatic rings. The highest BCUT2D eigenvalue weighted by Gasteiger charge is 2.52. The van der Waals surface area contributed by atoms with E-state index in [2.05, 4.69) is 5.32 Å². The zero-order chi connectivity index (χ0) is 17.3. The Hall–Kier alpha value is -1.82. The van der Waals surface area contributed by atoms with E-state index in [1.807, 2.05) is 20.8 Å². The zero-order valence-corrected chi connectivity index (χ0v) is 14.6. The average Bonchev–Trinajstić information content (AvgIpc) is 3.11. The van der Waals surface area contributed by atoms with E-state index in [-0.39, 0.29) is 29.2 Å². The molecule has 0 saturated carbocycles. The lowest BCUT2D eigenvalue weighted by atomic mass is 9.71. The standard InChI is InChI=1S/C18H26N2O4/c1-12(2)19-16(21)14-10-20(11-18(14)6-8-23-9-7-18)17(22)15-5-4-13(3)24-15/h4-5,12,14H,6-11H2,1-3H3,(H,19,21)/t14-/m1/s1. The van der Waals surface area contributed by atoms with Crippen LogP contribution in [0.1, 0.15) is 43.0 Å². The molecule has 0 aliphatic carbocycles. The van der Waals surface area contributed by atoms with Gasteiger partial charge in [-0.25, -0.2) is 0 Å². The summed E-state index contributed by atoms with van der Waals surface area (Å²) in [4.78, 5) is 27.2. The highest BCUT2D eigenvalue weighted by Crippen LogP contribution is 2.44. The topological polar surface area (TPSA) is 71.8 Å². The molecular weight excluding hydrogens is 308 g/mol. The normalized spacial score (nSPS) is 23.0. The molecule has 1 aromatic heterocycles. The van der Waals surface area contributed by atoms with Crippen molar-refractivity contribution in [3.63, 3.8) is 0 Å². The van der Waals surface area contributed by atoms with Gasteiger partial charge in [-0.3, -0.25) is 9.59 Å². The second kappa shape index (κ2) is 6.59. The van der Waals surface area contributed by atoms with Crippen LogP contribution in [0.25, 0.3) is 0 Å². The number of rotatable bonds is 3. The number of nitrogens with one attached hydrogen (secondary N) is 1. The molecule has 0 unspecified atom stereocenters. The molecule has 0 bridgehead atoms. The van der Waals surface area contributed by atoms with E-state index in [9.17, 15) is 9.59 Å². The van der Waals surface area contributed by atoms with Crippen molar-refractivity contribution in [1.29, 1.82) is 0 Å². The monoisotopic (exact) mass is 334 g/mol. The van der Waals surface area contributed by atoms with Crippen LogP contribution in [-0.4, -0.2) is 49.1 Å². The minimum Gasteiger partial charge on any atom is -0.456 e. The van der Waals surface area contributed by atoms with Crippen molar-refractivity contribution in [2.24, 2.45) is 11.3 Å². The van der Waals surface area contributed by atoms with Gasteiger partial charge in [0.15, 0.2) is 5.76 Å². The molecular formula is C18H26N2O4. The number of carbonyl (C=O) groups is 2. The molecule has 1 N–H and O–H groups in total. The van der Waals surface area contributed by atoms with Crippen LogP contribution in [0.5, 0.6) is 0 Å². The molecule has 2 saturated heterocycles. The quantitative estimate of drug-likeness (QED) is 0.917. The van der Waals surface area contributed by atoms with Gasteiger partial charge < -0.3 is 19.4 Å². The first-order valence-electron chi connectivity index (χ1n) is 8.65. The third kappa shape index (κ3) is 3.20. The third-order valence-corrected chi connectivity index (χ3v) is 5.12. The van der Waals surface area contributed by atoms with Crippen LogP contribution in [0.2, 0.25) is 0 Å². The van der Waals surface area contributed by atoms with Crippen LogP contribution in [0.4, 0.5) is 0 Å². The van der Waals surface area contributed by atoms with Gasteiger partial charge in [-0.15, -0.1) is 0 Å². The number of carbonyl (C=O) groups excluding carboxylic acids is 2. The summed E-state index contributed by atoms with van der Waals surface area (Å²) in [6.07, 6.45) is 1.62. The summed E-state index contributed by atoms with van der Waals surface area (Å²) < 4.78 is 11.0. The second-order valence-corrected chi connectivity index (χ2v) is 7.29. The predicted molar refractivity (Wildman–Crippen MR) is 88.6 cm³/mol. The summed E-state index contributed by atoms with van der Waals surface area (Å²) in [7, 11) is 0. The molecule has 132 valence electrons. The van der Waals surface area contributed by atoms with Crippen molar-refractivity contribution in [1.82, 2.24) is 10.2 Å². The lowest BCUT2D eigenvalue weighted by Crippen LogP contribution is -2.46. The van der Waals surface area contributed by atoms with Crippen LogP contribution in [0.3, 0.4) is 0 Å². The molecule has 1 aromatic rings. The van der Waals surface area contributed by atoms with Crippen LogP contribution in [0.15, 0.2) is 16.5 Å². The van der Waals surface area contributed by atoms with E-state index in [1.54, 1.807) is 17.0 Å². The van der Waals surface area contributed by atoms with E-state index in [0.717, 1.165) is 12.8 Å². The van der Waals surface area contributed by atoms with Gasteiger partial charge in [0.2, 0.25) is 5.91 Å². The molecule has 0 aromatic carbocycles. The van der Waals surface area contributed by atoms with Gasteiger partial charge >= 0.3 is 0 Å².